The maximum absolute atomic E-state index is 10.2. The zero-order valence-corrected chi connectivity index (χ0v) is 25.9. The molecule has 4 rings (SSSR count). The van der Waals surface area contributed by atoms with Crippen molar-refractivity contribution in [3.05, 3.63) is 118 Å². The third-order valence-corrected chi connectivity index (χ3v) is 7.86. The molecule has 0 atom stereocenters. The summed E-state index contributed by atoms with van der Waals surface area (Å²) in [5.74, 6) is 1.15. The summed E-state index contributed by atoms with van der Waals surface area (Å²) in [6.45, 7) is 9.96. The molecule has 0 fully saturated rings. The number of fused-ring (bicyclic) bond motifs is 1. The van der Waals surface area contributed by atoms with Crippen molar-refractivity contribution in [2.24, 2.45) is 0 Å². The number of hydrogen-bond donors (Lipinski definition) is 2. The van der Waals surface area contributed by atoms with Crippen LogP contribution in [-0.2, 0) is 0 Å². The normalized spacial score (nSPS) is 14.2. The Morgan fingerprint density at radius 2 is 1.80 bits per heavy atom. The molecule has 0 spiro atoms. The van der Waals surface area contributed by atoms with Crippen molar-refractivity contribution in [3.63, 3.8) is 0 Å². The Labute approximate surface area is 266 Å². The number of aromatic nitrogens is 1. The number of aliphatic hydroxyl groups is 2. The molecule has 0 unspecified atom stereocenters. The third kappa shape index (κ3) is 7.60. The molecule has 3 aromatic rings. The Morgan fingerprint density at radius 3 is 2.43 bits per heavy atom. The van der Waals surface area contributed by atoms with E-state index in [1.54, 1.807) is 24.4 Å². The number of anilines is 1. The van der Waals surface area contributed by atoms with Crippen molar-refractivity contribution < 1.29 is 19.4 Å². The van der Waals surface area contributed by atoms with Gasteiger partial charge in [0, 0.05) is 41.5 Å². The van der Waals surface area contributed by atoms with E-state index < -0.39 is 0 Å². The van der Waals surface area contributed by atoms with Gasteiger partial charge in [-0.05, 0) is 56.9 Å². The largest absolute Gasteiger partial charge is 0.439 e. The maximum atomic E-state index is 10.2. The van der Waals surface area contributed by atoms with Crippen LogP contribution in [0, 0.1) is 29.2 Å². The standard InChI is InChI=1S/C34H32BrN6O3/c1-38-30(22-37)34(28-19-29(35)24-39-23-28)27(21-36)10-12-33-40(13-6-14-41(2,15-17-42)16-18-43)31-20-26(9-11-32(31)44-33)25-7-4-3-5-8-25/h3-5,7-12,19-20,23-24,42-43H,6,13-18H2,2H3/q+1. The third-order valence-electron chi connectivity index (χ3n) is 7.43. The minimum Gasteiger partial charge on any atom is -0.439 e. The van der Waals surface area contributed by atoms with Crippen LogP contribution in [0.5, 0.6) is 5.75 Å². The van der Waals surface area contributed by atoms with Crippen LogP contribution in [0.1, 0.15) is 12.0 Å². The van der Waals surface area contributed by atoms with E-state index in [9.17, 15) is 20.7 Å². The molecule has 9 nitrogen and oxygen atoms in total. The van der Waals surface area contributed by atoms with Gasteiger partial charge in [0.25, 0.3) is 5.70 Å². The molecule has 2 heterocycles. The van der Waals surface area contributed by atoms with E-state index in [2.05, 4.69) is 37.9 Å². The van der Waals surface area contributed by atoms with Crippen LogP contribution in [0.25, 0.3) is 21.5 Å². The van der Waals surface area contributed by atoms with Gasteiger partial charge < -0.3 is 24.3 Å². The van der Waals surface area contributed by atoms with Gasteiger partial charge in [-0.15, -0.1) is 0 Å². The number of quaternary nitrogens is 1. The zero-order chi connectivity index (χ0) is 31.5. The number of hydrogen-bond acceptors (Lipinski definition) is 7. The predicted octanol–water partition coefficient (Wildman–Crippen LogP) is 5.68. The lowest BCUT2D eigenvalue weighted by molar-refractivity contribution is -0.910. The Balaban J connectivity index is 1.75. The number of ether oxygens (including phenoxy) is 1. The van der Waals surface area contributed by atoms with E-state index >= 15 is 0 Å². The number of aliphatic hydroxyl groups excluding tert-OH is 2. The SMILES string of the molecule is [C-]#[N+]C(C#N)=C(C(C#N)=CC=C1Oc2ccc(-c3ccccc3)cc2N1CCC[N+](C)(CCO)CCO)c1cncc(Br)c1. The van der Waals surface area contributed by atoms with E-state index in [0.717, 1.165) is 29.8 Å². The molecule has 222 valence electrons. The lowest BCUT2D eigenvalue weighted by Gasteiger charge is -2.34. The monoisotopic (exact) mass is 651 g/mol. The molecule has 0 saturated heterocycles. The number of allylic oxidation sites excluding steroid dienone is 5. The second-order valence-corrected chi connectivity index (χ2v) is 11.3. The van der Waals surface area contributed by atoms with E-state index in [1.807, 2.05) is 60.5 Å². The molecule has 0 saturated carbocycles. The highest BCUT2D eigenvalue weighted by Crippen LogP contribution is 2.42. The van der Waals surface area contributed by atoms with Gasteiger partial charge in [0.1, 0.15) is 13.1 Å². The fourth-order valence-corrected chi connectivity index (χ4v) is 5.50. The van der Waals surface area contributed by atoms with Gasteiger partial charge in [-0.25, -0.2) is 10.1 Å². The van der Waals surface area contributed by atoms with Crippen LogP contribution in [0.2, 0.25) is 0 Å². The van der Waals surface area contributed by atoms with E-state index in [-0.39, 0.29) is 30.1 Å². The van der Waals surface area contributed by atoms with Crippen LogP contribution >= 0.6 is 15.9 Å². The Hall–Kier alpha value is -4.76. The highest BCUT2D eigenvalue weighted by atomic mass is 79.9. The number of benzene rings is 2. The zero-order valence-electron chi connectivity index (χ0n) is 24.3. The lowest BCUT2D eigenvalue weighted by atomic mass is 9.97. The number of likely N-dealkylation sites (N-methyl/N-ethyl adjacent to an activating group) is 1. The number of nitriles is 2. The van der Waals surface area contributed by atoms with Crippen molar-refractivity contribution >= 4 is 27.2 Å². The lowest BCUT2D eigenvalue weighted by Crippen LogP contribution is -2.49. The topological polar surface area (TPSA) is 118 Å². The molecule has 2 N–H and O–H groups in total. The highest BCUT2D eigenvalue weighted by molar-refractivity contribution is 9.10. The Morgan fingerprint density at radius 1 is 1.05 bits per heavy atom. The second-order valence-electron chi connectivity index (χ2n) is 10.4. The van der Waals surface area contributed by atoms with Crippen LogP contribution in [0.3, 0.4) is 0 Å². The van der Waals surface area contributed by atoms with Gasteiger partial charge in [-0.1, -0.05) is 36.4 Å². The molecule has 1 aromatic heterocycles. The summed E-state index contributed by atoms with van der Waals surface area (Å²) in [4.78, 5) is 9.57. The molecular weight excluding hydrogens is 620 g/mol. The van der Waals surface area contributed by atoms with Gasteiger partial charge in [-0.2, -0.15) is 5.26 Å². The molecule has 0 bridgehead atoms. The molecule has 0 amide bonds. The predicted molar refractivity (Wildman–Crippen MR) is 172 cm³/mol. The van der Waals surface area contributed by atoms with E-state index in [1.165, 1.54) is 6.20 Å². The summed E-state index contributed by atoms with van der Waals surface area (Å²) in [6.07, 6.45) is 7.06. The fraction of sp³-hybridized carbons (Fsp3) is 0.235. The molecule has 44 heavy (non-hydrogen) atoms. The van der Waals surface area contributed by atoms with Gasteiger partial charge in [0.15, 0.2) is 5.75 Å². The van der Waals surface area contributed by atoms with Crippen molar-refractivity contribution in [2.45, 2.75) is 6.42 Å². The van der Waals surface area contributed by atoms with Crippen molar-refractivity contribution in [3.8, 4) is 29.0 Å². The van der Waals surface area contributed by atoms with Gasteiger partial charge >= 0.3 is 0 Å². The minimum absolute atomic E-state index is 0.0259. The van der Waals surface area contributed by atoms with Gasteiger partial charge in [0.05, 0.1) is 56.8 Å². The molecular formula is C34H32BrN6O3+. The van der Waals surface area contributed by atoms with Crippen LogP contribution in [-0.4, -0.2) is 66.1 Å². The first-order chi connectivity index (χ1) is 21.4. The molecule has 10 heteroatoms. The van der Waals surface area contributed by atoms with E-state index in [4.69, 9.17) is 11.3 Å². The summed E-state index contributed by atoms with van der Waals surface area (Å²) in [5.41, 5.74) is 3.50. The summed E-state index contributed by atoms with van der Waals surface area (Å²) >= 11 is 3.38. The van der Waals surface area contributed by atoms with Gasteiger partial charge in [0.2, 0.25) is 5.88 Å². The number of nitrogens with zero attached hydrogens (tertiary/aromatic N) is 6. The molecule has 1 aliphatic heterocycles. The summed E-state index contributed by atoms with van der Waals surface area (Å²) < 4.78 is 7.46. The van der Waals surface area contributed by atoms with Crippen molar-refractivity contribution in [1.29, 1.82) is 10.5 Å². The van der Waals surface area contributed by atoms with E-state index in [0.29, 0.717) is 45.8 Å². The number of pyridine rings is 1. The van der Waals surface area contributed by atoms with Crippen LogP contribution in [0.4, 0.5) is 5.69 Å². The molecule has 0 aliphatic carbocycles. The average molecular weight is 653 g/mol. The first-order valence-corrected chi connectivity index (χ1v) is 14.8. The molecule has 2 aromatic carbocycles. The fourth-order valence-electron chi connectivity index (χ4n) is 5.13. The van der Waals surface area contributed by atoms with Crippen molar-refractivity contribution in [1.82, 2.24) is 4.98 Å². The number of rotatable bonds is 12. The molecule has 0 radical (unpaired) electrons. The number of halogens is 1. The quantitative estimate of drug-likeness (QED) is 0.112. The summed E-state index contributed by atoms with van der Waals surface area (Å²) in [6, 6.07) is 21.8. The maximum Gasteiger partial charge on any atom is 0.270 e. The summed E-state index contributed by atoms with van der Waals surface area (Å²) in [5, 5.41) is 39.0. The first-order valence-electron chi connectivity index (χ1n) is 14.0. The smallest absolute Gasteiger partial charge is 0.270 e. The van der Waals surface area contributed by atoms with Crippen LogP contribution in [0.15, 0.2) is 101 Å². The van der Waals surface area contributed by atoms with Crippen molar-refractivity contribution in [2.75, 3.05) is 51.3 Å². The Bertz CT molecular complexity index is 1690. The second kappa shape index (κ2) is 15.1. The Kier molecular flexibility index (Phi) is 11.0. The summed E-state index contributed by atoms with van der Waals surface area (Å²) in [7, 11) is 2.02. The first kappa shape index (κ1) is 32.2. The highest BCUT2D eigenvalue weighted by Gasteiger charge is 2.28. The van der Waals surface area contributed by atoms with Gasteiger partial charge in [-0.3, -0.25) is 4.98 Å². The average Bonchev–Trinajstić information content (AvgIpc) is 3.38. The minimum atomic E-state index is -0.221. The molecule has 1 aliphatic rings. The van der Waals surface area contributed by atoms with Crippen LogP contribution < -0.4 is 9.64 Å².